The zero-order valence-corrected chi connectivity index (χ0v) is 11.7. The third-order valence-electron chi connectivity index (χ3n) is 3.79. The first-order valence-electron chi connectivity index (χ1n) is 7.25. The maximum Gasteiger partial charge on any atom is 0.310 e. The van der Waals surface area contributed by atoms with Crippen LogP contribution in [-0.4, -0.2) is 48.3 Å². The van der Waals surface area contributed by atoms with Crippen LogP contribution in [0.5, 0.6) is 0 Å². The van der Waals surface area contributed by atoms with Crippen molar-refractivity contribution >= 4 is 5.97 Å². The Kier molecular flexibility index (Phi) is 7.28. The van der Waals surface area contributed by atoms with Crippen molar-refractivity contribution in [1.29, 1.82) is 0 Å². The average molecular weight is 257 g/mol. The number of likely N-dealkylation sites (N-methyl/N-ethyl adjacent to an activating group) is 1. The second-order valence-electron chi connectivity index (χ2n) is 5.09. The Hall–Kier alpha value is -0.610. The molecule has 0 bridgehead atoms. The van der Waals surface area contributed by atoms with E-state index in [1.807, 2.05) is 0 Å². The highest BCUT2D eigenvalue weighted by Gasteiger charge is 2.37. The van der Waals surface area contributed by atoms with Crippen LogP contribution in [0.2, 0.25) is 0 Å². The van der Waals surface area contributed by atoms with Crippen molar-refractivity contribution in [2.45, 2.75) is 52.0 Å². The summed E-state index contributed by atoms with van der Waals surface area (Å²) in [5, 5.41) is 9.16. The fourth-order valence-electron chi connectivity index (χ4n) is 2.62. The monoisotopic (exact) mass is 257 g/mol. The summed E-state index contributed by atoms with van der Waals surface area (Å²) in [6.45, 7) is 7.16. The van der Waals surface area contributed by atoms with E-state index in [0.29, 0.717) is 13.2 Å². The molecule has 1 N–H and O–H groups in total. The normalized spacial score (nSPS) is 23.7. The summed E-state index contributed by atoms with van der Waals surface area (Å²) >= 11 is 0. The van der Waals surface area contributed by atoms with Gasteiger partial charge in [-0.25, -0.2) is 0 Å². The molecule has 0 aromatic heterocycles. The van der Waals surface area contributed by atoms with Crippen LogP contribution in [0.1, 0.15) is 46.0 Å². The van der Waals surface area contributed by atoms with Crippen LogP contribution in [-0.2, 0) is 9.53 Å². The van der Waals surface area contributed by atoms with E-state index in [4.69, 9.17) is 9.84 Å². The van der Waals surface area contributed by atoms with Crippen molar-refractivity contribution in [1.82, 2.24) is 4.90 Å². The van der Waals surface area contributed by atoms with Crippen LogP contribution in [0, 0.1) is 5.92 Å². The molecular formula is C14H27NO3. The largest absolute Gasteiger partial charge is 0.481 e. The first-order chi connectivity index (χ1) is 8.70. The second-order valence-corrected chi connectivity index (χ2v) is 5.09. The van der Waals surface area contributed by atoms with E-state index >= 15 is 0 Å². The zero-order chi connectivity index (χ0) is 13.4. The predicted molar refractivity (Wildman–Crippen MR) is 71.7 cm³/mol. The molecule has 4 nitrogen and oxygen atoms in total. The molecule has 1 aliphatic heterocycles. The lowest BCUT2D eigenvalue weighted by Gasteiger charge is -2.29. The second kappa shape index (κ2) is 8.48. The van der Waals surface area contributed by atoms with Gasteiger partial charge in [0.15, 0.2) is 0 Å². The Morgan fingerprint density at radius 2 is 1.94 bits per heavy atom. The van der Waals surface area contributed by atoms with Crippen LogP contribution >= 0.6 is 0 Å². The third-order valence-corrected chi connectivity index (χ3v) is 3.79. The molecule has 0 saturated carbocycles. The van der Waals surface area contributed by atoms with E-state index in [0.717, 1.165) is 19.5 Å². The van der Waals surface area contributed by atoms with Crippen molar-refractivity contribution < 1.29 is 14.6 Å². The van der Waals surface area contributed by atoms with Crippen molar-refractivity contribution in [3.05, 3.63) is 0 Å². The first-order valence-corrected chi connectivity index (χ1v) is 7.25. The lowest BCUT2D eigenvalue weighted by Crippen LogP contribution is -2.43. The topological polar surface area (TPSA) is 49.8 Å². The van der Waals surface area contributed by atoms with Gasteiger partial charge in [0.05, 0.1) is 19.1 Å². The molecule has 1 saturated heterocycles. The Labute approximate surface area is 110 Å². The smallest absolute Gasteiger partial charge is 0.310 e. The van der Waals surface area contributed by atoms with E-state index in [2.05, 4.69) is 18.7 Å². The van der Waals surface area contributed by atoms with E-state index in [1.165, 1.54) is 25.7 Å². The number of carbonyl (C=O) groups is 1. The molecule has 2 unspecified atom stereocenters. The number of carboxylic acids is 1. The lowest BCUT2D eigenvalue weighted by atomic mass is 10.0. The summed E-state index contributed by atoms with van der Waals surface area (Å²) in [4.78, 5) is 13.4. The van der Waals surface area contributed by atoms with Crippen LogP contribution in [0.3, 0.4) is 0 Å². The SMILES string of the molecule is CCCCCCCN(CC)C1COCC1C(=O)O. The molecule has 1 fully saturated rings. The van der Waals surface area contributed by atoms with E-state index in [9.17, 15) is 4.79 Å². The van der Waals surface area contributed by atoms with Crippen LogP contribution < -0.4 is 0 Å². The molecule has 0 aromatic rings. The molecule has 0 spiro atoms. The highest BCUT2D eigenvalue weighted by molar-refractivity contribution is 5.71. The summed E-state index contributed by atoms with van der Waals surface area (Å²) in [6, 6.07) is 0.0682. The number of ether oxygens (including phenoxy) is 1. The molecular weight excluding hydrogens is 230 g/mol. The fourth-order valence-corrected chi connectivity index (χ4v) is 2.62. The van der Waals surface area contributed by atoms with Gasteiger partial charge >= 0.3 is 5.97 Å². The minimum Gasteiger partial charge on any atom is -0.481 e. The average Bonchev–Trinajstić information content (AvgIpc) is 2.83. The molecule has 0 aliphatic carbocycles. The molecule has 18 heavy (non-hydrogen) atoms. The highest BCUT2D eigenvalue weighted by atomic mass is 16.5. The standard InChI is InChI=1S/C14H27NO3/c1-3-5-6-7-8-9-15(4-2)13-11-18-10-12(13)14(16)17/h12-13H,3-11H2,1-2H3,(H,16,17). The zero-order valence-electron chi connectivity index (χ0n) is 11.7. The van der Waals surface area contributed by atoms with Crippen molar-refractivity contribution in [2.24, 2.45) is 5.92 Å². The highest BCUT2D eigenvalue weighted by Crippen LogP contribution is 2.20. The number of rotatable bonds is 9. The third kappa shape index (κ3) is 4.58. The van der Waals surface area contributed by atoms with Crippen LogP contribution in [0.15, 0.2) is 0 Å². The van der Waals surface area contributed by atoms with Crippen molar-refractivity contribution in [3.8, 4) is 0 Å². The van der Waals surface area contributed by atoms with Gasteiger partial charge in [0.1, 0.15) is 0 Å². The summed E-state index contributed by atoms with van der Waals surface area (Å²) < 4.78 is 5.34. The Morgan fingerprint density at radius 3 is 2.56 bits per heavy atom. The maximum absolute atomic E-state index is 11.1. The van der Waals surface area contributed by atoms with Gasteiger partial charge < -0.3 is 9.84 Å². The molecule has 1 rings (SSSR count). The van der Waals surface area contributed by atoms with Crippen molar-refractivity contribution in [3.63, 3.8) is 0 Å². The summed E-state index contributed by atoms with van der Waals surface area (Å²) in [7, 11) is 0. The molecule has 2 atom stereocenters. The van der Waals surface area contributed by atoms with Gasteiger partial charge in [0, 0.05) is 6.04 Å². The van der Waals surface area contributed by atoms with Gasteiger partial charge in [-0.15, -0.1) is 0 Å². The number of nitrogens with zero attached hydrogens (tertiary/aromatic N) is 1. The van der Waals surface area contributed by atoms with E-state index < -0.39 is 5.97 Å². The Bertz CT molecular complexity index is 245. The van der Waals surface area contributed by atoms with Gasteiger partial charge in [-0.1, -0.05) is 39.5 Å². The number of hydrogen-bond acceptors (Lipinski definition) is 3. The van der Waals surface area contributed by atoms with E-state index in [1.54, 1.807) is 0 Å². The minimum absolute atomic E-state index is 0.0682. The fraction of sp³-hybridized carbons (Fsp3) is 0.929. The number of unbranched alkanes of at least 4 members (excludes halogenated alkanes) is 4. The van der Waals surface area contributed by atoms with Crippen molar-refractivity contribution in [2.75, 3.05) is 26.3 Å². The van der Waals surface area contributed by atoms with Gasteiger partial charge in [-0.05, 0) is 19.5 Å². The van der Waals surface area contributed by atoms with Gasteiger partial charge in [0.2, 0.25) is 0 Å². The van der Waals surface area contributed by atoms with E-state index in [-0.39, 0.29) is 12.0 Å². The lowest BCUT2D eigenvalue weighted by molar-refractivity contribution is -0.143. The quantitative estimate of drug-likeness (QED) is 0.644. The van der Waals surface area contributed by atoms with Gasteiger partial charge in [0.25, 0.3) is 0 Å². The van der Waals surface area contributed by atoms with Gasteiger partial charge in [-0.3, -0.25) is 9.69 Å². The number of aliphatic carboxylic acids is 1. The summed E-state index contributed by atoms with van der Waals surface area (Å²) in [6.07, 6.45) is 6.26. The first kappa shape index (κ1) is 15.4. The summed E-state index contributed by atoms with van der Waals surface area (Å²) in [5.74, 6) is -1.07. The molecule has 4 heteroatoms. The Balaban J connectivity index is 2.33. The maximum atomic E-state index is 11.1. The van der Waals surface area contributed by atoms with Crippen LogP contribution in [0.25, 0.3) is 0 Å². The molecule has 106 valence electrons. The minimum atomic E-state index is -0.720. The predicted octanol–water partition coefficient (Wildman–Crippen LogP) is 2.38. The molecule has 1 aliphatic rings. The van der Waals surface area contributed by atoms with Gasteiger partial charge in [-0.2, -0.15) is 0 Å². The molecule has 0 amide bonds. The molecule has 0 radical (unpaired) electrons. The Morgan fingerprint density at radius 1 is 1.22 bits per heavy atom. The van der Waals surface area contributed by atoms with Crippen LogP contribution in [0.4, 0.5) is 0 Å². The summed E-state index contributed by atoms with van der Waals surface area (Å²) in [5.41, 5.74) is 0. The number of hydrogen-bond donors (Lipinski definition) is 1. The molecule has 0 aromatic carbocycles. The number of carboxylic acid groups (broad SMARTS) is 1. The molecule has 1 heterocycles.